The van der Waals surface area contributed by atoms with E-state index in [1.807, 2.05) is 18.2 Å². The second kappa shape index (κ2) is 3.69. The van der Waals surface area contributed by atoms with Crippen molar-refractivity contribution >= 4 is 44.0 Å². The smallest absolute Gasteiger partial charge is 0.227 e. The molecule has 0 unspecified atom stereocenters. The van der Waals surface area contributed by atoms with Crippen LogP contribution in [0.25, 0.3) is 28.1 Å². The fourth-order valence-corrected chi connectivity index (χ4v) is 2.92. The van der Waals surface area contributed by atoms with Crippen LogP contribution in [0.15, 0.2) is 39.2 Å². The number of hydrogen-bond donors (Lipinski definition) is 0. The highest BCUT2D eigenvalue weighted by Gasteiger charge is 2.18. The summed E-state index contributed by atoms with van der Waals surface area (Å²) in [5.74, 6) is 1.05. The fourth-order valence-electron chi connectivity index (χ4n) is 2.50. The van der Waals surface area contributed by atoms with E-state index >= 15 is 0 Å². The van der Waals surface area contributed by atoms with Crippen LogP contribution in [0.5, 0.6) is 0 Å². The lowest BCUT2D eigenvalue weighted by Gasteiger charge is -2.05. The molecule has 3 heteroatoms. The predicted molar refractivity (Wildman–Crippen MR) is 76.7 cm³/mol. The van der Waals surface area contributed by atoms with Crippen LogP contribution >= 0.6 is 15.9 Å². The van der Waals surface area contributed by atoms with E-state index in [4.69, 9.17) is 4.42 Å². The summed E-state index contributed by atoms with van der Waals surface area (Å²) in [6, 6.07) is 10.3. The minimum atomic E-state index is 0.747. The molecule has 88 valence electrons. The van der Waals surface area contributed by atoms with Gasteiger partial charge in [0.2, 0.25) is 5.71 Å². The zero-order valence-corrected chi connectivity index (χ0v) is 11.2. The Bertz CT molecular complexity index is 801. The maximum Gasteiger partial charge on any atom is 0.227 e. The molecular weight excluding hydrogens is 290 g/mol. The highest BCUT2D eigenvalue weighted by Crippen LogP contribution is 2.35. The molecule has 2 heterocycles. The van der Waals surface area contributed by atoms with Gasteiger partial charge in [-0.15, -0.1) is 0 Å². The molecule has 1 aliphatic rings. The van der Waals surface area contributed by atoms with Gasteiger partial charge in [-0.2, -0.15) is 0 Å². The highest BCUT2D eigenvalue weighted by molar-refractivity contribution is 9.11. The van der Waals surface area contributed by atoms with Gasteiger partial charge in [-0.25, -0.2) is 4.98 Å². The first kappa shape index (κ1) is 10.3. The lowest BCUT2D eigenvalue weighted by atomic mass is 10.0. The quantitative estimate of drug-likeness (QED) is 0.603. The molecule has 0 fully saturated rings. The molecule has 0 bridgehead atoms. The van der Waals surface area contributed by atoms with E-state index < -0.39 is 0 Å². The Labute approximate surface area is 112 Å². The number of halogens is 1. The number of fused-ring (bicyclic) bond motifs is 4. The van der Waals surface area contributed by atoms with Gasteiger partial charge in [0.05, 0.1) is 5.52 Å². The number of rotatable bonds is 0. The van der Waals surface area contributed by atoms with Crippen molar-refractivity contribution in [2.24, 2.45) is 0 Å². The average molecular weight is 300 g/mol. The summed E-state index contributed by atoms with van der Waals surface area (Å²) in [5.41, 5.74) is 2.91. The van der Waals surface area contributed by atoms with Gasteiger partial charge in [-0.05, 0) is 29.1 Å². The lowest BCUT2D eigenvalue weighted by molar-refractivity contribution is 0.537. The molecule has 0 N–H and O–H groups in total. The predicted octanol–water partition coefficient (Wildman–Crippen LogP) is 4.66. The standard InChI is InChI=1S/C15H10BrNO/c16-10-5-6-14-11(8-10)12-7-9-3-1-2-4-13(9)17-15(12)18-14/h1-4,7-8H,5-6H2. The molecule has 0 saturated heterocycles. The van der Waals surface area contributed by atoms with Gasteiger partial charge in [0.15, 0.2) is 0 Å². The van der Waals surface area contributed by atoms with E-state index in [1.165, 1.54) is 10.0 Å². The molecule has 1 aliphatic carbocycles. The monoisotopic (exact) mass is 299 g/mol. The van der Waals surface area contributed by atoms with Crippen LogP contribution in [0.1, 0.15) is 17.7 Å². The molecule has 3 aromatic rings. The van der Waals surface area contributed by atoms with Crippen LogP contribution < -0.4 is 0 Å². The van der Waals surface area contributed by atoms with Crippen LogP contribution in [0.2, 0.25) is 0 Å². The van der Waals surface area contributed by atoms with Crippen molar-refractivity contribution in [3.05, 3.63) is 46.1 Å². The molecular formula is C15H10BrNO. The van der Waals surface area contributed by atoms with Crippen molar-refractivity contribution in [2.45, 2.75) is 12.8 Å². The number of allylic oxidation sites excluding steroid dienone is 1. The SMILES string of the molecule is BrC1=Cc2c(oc3nc4ccccc4cc23)CC1. The third kappa shape index (κ3) is 1.44. The second-order valence-corrected chi connectivity index (χ2v) is 5.58. The van der Waals surface area contributed by atoms with E-state index in [0.717, 1.165) is 40.6 Å². The molecule has 2 nitrogen and oxygen atoms in total. The lowest BCUT2D eigenvalue weighted by Crippen LogP contribution is -1.91. The Morgan fingerprint density at radius 3 is 3.00 bits per heavy atom. The van der Waals surface area contributed by atoms with Crippen LogP contribution in [-0.2, 0) is 6.42 Å². The Hall–Kier alpha value is -1.61. The Balaban J connectivity index is 2.13. The van der Waals surface area contributed by atoms with Gasteiger partial charge >= 0.3 is 0 Å². The Kier molecular flexibility index (Phi) is 2.12. The van der Waals surface area contributed by atoms with Crippen LogP contribution in [0.4, 0.5) is 0 Å². The maximum absolute atomic E-state index is 5.87. The van der Waals surface area contributed by atoms with Crippen molar-refractivity contribution in [1.29, 1.82) is 0 Å². The number of aryl methyl sites for hydroxylation is 1. The highest BCUT2D eigenvalue weighted by atomic mass is 79.9. The molecule has 0 aliphatic heterocycles. The number of nitrogens with zero attached hydrogens (tertiary/aromatic N) is 1. The van der Waals surface area contributed by atoms with Gasteiger partial charge in [0, 0.05) is 22.8 Å². The third-order valence-corrected chi connectivity index (χ3v) is 4.02. The van der Waals surface area contributed by atoms with Crippen LogP contribution in [0, 0.1) is 0 Å². The van der Waals surface area contributed by atoms with Gasteiger partial charge < -0.3 is 4.42 Å². The number of aromatic nitrogens is 1. The summed E-state index contributed by atoms with van der Waals surface area (Å²) in [6.07, 6.45) is 4.10. The number of para-hydroxylation sites is 1. The van der Waals surface area contributed by atoms with Crippen LogP contribution in [-0.4, -0.2) is 4.98 Å². The zero-order chi connectivity index (χ0) is 12.1. The molecule has 0 radical (unpaired) electrons. The summed E-state index contributed by atoms with van der Waals surface area (Å²) in [7, 11) is 0. The average Bonchev–Trinajstić information content (AvgIpc) is 2.73. The molecule has 0 atom stereocenters. The molecule has 4 rings (SSSR count). The van der Waals surface area contributed by atoms with Crippen molar-refractivity contribution < 1.29 is 4.42 Å². The number of hydrogen-bond acceptors (Lipinski definition) is 2. The van der Waals surface area contributed by atoms with Gasteiger partial charge in [0.1, 0.15) is 5.76 Å². The summed E-state index contributed by atoms with van der Waals surface area (Å²) in [6.45, 7) is 0. The van der Waals surface area contributed by atoms with Gasteiger partial charge in [-0.3, -0.25) is 0 Å². The summed E-state index contributed by atoms with van der Waals surface area (Å²) >= 11 is 3.58. The van der Waals surface area contributed by atoms with Crippen molar-refractivity contribution in [3.8, 4) is 0 Å². The third-order valence-electron chi connectivity index (χ3n) is 3.39. The first-order valence-corrected chi connectivity index (χ1v) is 6.78. The molecule has 2 aromatic heterocycles. The molecule has 0 amide bonds. The molecule has 1 aromatic carbocycles. The topological polar surface area (TPSA) is 26.0 Å². The summed E-state index contributed by atoms with van der Waals surface area (Å²) in [4.78, 5) is 4.60. The minimum absolute atomic E-state index is 0.747. The Morgan fingerprint density at radius 1 is 1.17 bits per heavy atom. The van der Waals surface area contributed by atoms with E-state index in [0.29, 0.717) is 0 Å². The van der Waals surface area contributed by atoms with Crippen molar-refractivity contribution in [2.75, 3.05) is 0 Å². The normalized spacial score (nSPS) is 14.8. The molecule has 0 spiro atoms. The summed E-state index contributed by atoms with van der Waals surface area (Å²) in [5, 5.41) is 2.27. The molecule has 18 heavy (non-hydrogen) atoms. The zero-order valence-electron chi connectivity index (χ0n) is 9.61. The van der Waals surface area contributed by atoms with E-state index in [-0.39, 0.29) is 0 Å². The van der Waals surface area contributed by atoms with Gasteiger partial charge in [-0.1, -0.05) is 34.1 Å². The van der Waals surface area contributed by atoms with Crippen LogP contribution in [0.3, 0.4) is 0 Å². The second-order valence-electron chi connectivity index (χ2n) is 4.56. The fraction of sp³-hybridized carbons (Fsp3) is 0.133. The van der Waals surface area contributed by atoms with Crippen molar-refractivity contribution in [3.63, 3.8) is 0 Å². The first-order chi connectivity index (χ1) is 8.81. The minimum Gasteiger partial charge on any atom is -0.442 e. The first-order valence-electron chi connectivity index (χ1n) is 5.98. The number of furan rings is 1. The van der Waals surface area contributed by atoms with E-state index in [1.54, 1.807) is 0 Å². The number of benzene rings is 1. The van der Waals surface area contributed by atoms with E-state index in [9.17, 15) is 0 Å². The number of pyridine rings is 1. The van der Waals surface area contributed by atoms with E-state index in [2.05, 4.69) is 39.1 Å². The molecule has 0 saturated carbocycles. The van der Waals surface area contributed by atoms with Crippen molar-refractivity contribution in [1.82, 2.24) is 4.98 Å². The Morgan fingerprint density at radius 2 is 2.06 bits per heavy atom. The largest absolute Gasteiger partial charge is 0.442 e. The summed E-state index contributed by atoms with van der Waals surface area (Å²) < 4.78 is 7.10. The van der Waals surface area contributed by atoms with Gasteiger partial charge in [0.25, 0.3) is 0 Å². The maximum atomic E-state index is 5.87.